The summed E-state index contributed by atoms with van der Waals surface area (Å²) in [5.41, 5.74) is 2.09. The van der Waals surface area contributed by atoms with Crippen molar-refractivity contribution in [2.45, 2.75) is 71.1 Å². The highest BCUT2D eigenvalue weighted by Crippen LogP contribution is 2.21. The van der Waals surface area contributed by atoms with Crippen molar-refractivity contribution < 1.29 is 19.6 Å². The van der Waals surface area contributed by atoms with Gasteiger partial charge in [0.15, 0.2) is 0 Å². The van der Waals surface area contributed by atoms with Crippen LogP contribution >= 0.6 is 0 Å². The second-order valence-electron chi connectivity index (χ2n) is 7.15. The molecule has 0 saturated carbocycles. The maximum absolute atomic E-state index is 11.8. The molecule has 0 aliphatic rings. The second kappa shape index (κ2) is 14.9. The third-order valence-electron chi connectivity index (χ3n) is 4.57. The number of hydrogen-bond acceptors (Lipinski definition) is 6. The Bertz CT molecular complexity index is 721. The van der Waals surface area contributed by atoms with E-state index in [0.29, 0.717) is 6.42 Å². The highest BCUT2D eigenvalue weighted by molar-refractivity contribution is 5.87. The Kier molecular flexibility index (Phi) is 12.5. The molecule has 0 spiro atoms. The van der Waals surface area contributed by atoms with Gasteiger partial charge in [-0.15, -0.1) is 0 Å². The Morgan fingerprint density at radius 3 is 2.33 bits per heavy atom. The lowest BCUT2D eigenvalue weighted by Gasteiger charge is -2.05. The van der Waals surface area contributed by atoms with Crippen molar-refractivity contribution in [3.63, 3.8) is 0 Å². The van der Waals surface area contributed by atoms with Crippen LogP contribution in [0.4, 0.5) is 5.69 Å². The van der Waals surface area contributed by atoms with Gasteiger partial charge in [-0.25, -0.2) is 5.43 Å². The highest BCUT2D eigenvalue weighted by atomic mass is 16.6. The molecule has 0 heterocycles. The van der Waals surface area contributed by atoms with Crippen molar-refractivity contribution >= 4 is 23.7 Å². The number of hydrazone groups is 1. The Labute approximate surface area is 177 Å². The quantitative estimate of drug-likeness (QED) is 0.172. The first-order valence-corrected chi connectivity index (χ1v) is 10.5. The maximum Gasteiger partial charge on any atom is 0.270 e. The fourth-order valence-electron chi connectivity index (χ4n) is 2.84. The van der Waals surface area contributed by atoms with Crippen LogP contribution in [0.25, 0.3) is 0 Å². The van der Waals surface area contributed by atoms with Gasteiger partial charge < -0.3 is 10.4 Å². The lowest BCUT2D eigenvalue weighted by molar-refractivity contribution is -0.384. The van der Waals surface area contributed by atoms with Crippen LogP contribution in [0.15, 0.2) is 23.3 Å². The number of rotatable bonds is 15. The van der Waals surface area contributed by atoms with E-state index < -0.39 is 10.8 Å². The number of carbonyl (C=O) groups excluding carboxylic acids is 2. The molecule has 9 heteroatoms. The van der Waals surface area contributed by atoms with Gasteiger partial charge in [-0.3, -0.25) is 19.7 Å². The molecule has 30 heavy (non-hydrogen) atoms. The molecule has 1 aromatic rings. The normalized spacial score (nSPS) is 10.8. The standard InChI is InChI=1S/C21H32N4O5/c1-2-3-4-5-6-7-8-9-10-11-20(27)22-16-21(28)24-23-15-17-14-18(25(29)30)12-13-19(17)26/h12-15,26H,2-11,16H2,1H3,(H,22,27)(H,24,28). The molecule has 1 rings (SSSR count). The third-order valence-corrected chi connectivity index (χ3v) is 4.57. The van der Waals surface area contributed by atoms with E-state index in [4.69, 9.17) is 0 Å². The number of hydrogen-bond donors (Lipinski definition) is 3. The monoisotopic (exact) mass is 420 g/mol. The first-order valence-electron chi connectivity index (χ1n) is 10.5. The molecular weight excluding hydrogens is 388 g/mol. The van der Waals surface area contributed by atoms with Crippen molar-refractivity contribution in [2.75, 3.05) is 6.54 Å². The zero-order valence-corrected chi connectivity index (χ0v) is 17.6. The molecule has 0 aromatic heterocycles. The van der Waals surface area contributed by atoms with Crippen LogP contribution in [0.5, 0.6) is 5.75 Å². The van der Waals surface area contributed by atoms with Gasteiger partial charge in [0.1, 0.15) is 5.75 Å². The summed E-state index contributed by atoms with van der Waals surface area (Å²) in [6.45, 7) is 1.99. The molecule has 0 radical (unpaired) electrons. The predicted molar refractivity (Wildman–Crippen MR) is 115 cm³/mol. The van der Waals surface area contributed by atoms with E-state index in [1.54, 1.807) is 0 Å². The van der Waals surface area contributed by atoms with Crippen LogP contribution in [-0.4, -0.2) is 34.6 Å². The van der Waals surface area contributed by atoms with Crippen LogP contribution in [0, 0.1) is 10.1 Å². The smallest absolute Gasteiger partial charge is 0.270 e. The summed E-state index contributed by atoms with van der Waals surface area (Å²) in [6, 6.07) is 3.47. The average molecular weight is 421 g/mol. The highest BCUT2D eigenvalue weighted by Gasteiger charge is 2.09. The summed E-state index contributed by atoms with van der Waals surface area (Å²) >= 11 is 0. The number of amides is 2. The van der Waals surface area contributed by atoms with E-state index >= 15 is 0 Å². The Morgan fingerprint density at radius 1 is 1.07 bits per heavy atom. The fourth-order valence-corrected chi connectivity index (χ4v) is 2.84. The van der Waals surface area contributed by atoms with Crippen molar-refractivity contribution in [1.82, 2.24) is 10.7 Å². The molecular formula is C21H32N4O5. The number of aromatic hydroxyl groups is 1. The van der Waals surface area contributed by atoms with Crippen molar-refractivity contribution in [1.29, 1.82) is 0 Å². The molecule has 0 aliphatic carbocycles. The topological polar surface area (TPSA) is 134 Å². The molecule has 3 N–H and O–H groups in total. The Balaban J connectivity index is 2.16. The SMILES string of the molecule is CCCCCCCCCCCC(=O)NCC(=O)NN=Cc1cc([N+](=O)[O-])ccc1O. The summed E-state index contributed by atoms with van der Waals surface area (Å²) in [4.78, 5) is 33.6. The summed E-state index contributed by atoms with van der Waals surface area (Å²) in [6.07, 6.45) is 12.0. The van der Waals surface area contributed by atoms with Crippen LogP contribution < -0.4 is 10.7 Å². The first kappa shape index (κ1) is 25.1. The molecule has 0 atom stereocenters. The number of nitrogens with one attached hydrogen (secondary N) is 2. The average Bonchev–Trinajstić information content (AvgIpc) is 2.72. The first-order chi connectivity index (χ1) is 14.4. The van der Waals surface area contributed by atoms with Gasteiger partial charge in [-0.2, -0.15) is 5.10 Å². The molecule has 1 aromatic carbocycles. The summed E-state index contributed by atoms with van der Waals surface area (Å²) in [5, 5.41) is 26.6. The zero-order chi connectivity index (χ0) is 22.2. The largest absolute Gasteiger partial charge is 0.507 e. The van der Waals surface area contributed by atoms with Crippen molar-refractivity contribution in [3.8, 4) is 5.75 Å². The number of non-ortho nitro benzene ring substituents is 1. The van der Waals surface area contributed by atoms with Crippen molar-refractivity contribution in [3.05, 3.63) is 33.9 Å². The number of nitro benzene ring substituents is 1. The molecule has 9 nitrogen and oxygen atoms in total. The molecule has 0 fully saturated rings. The van der Waals surface area contributed by atoms with Crippen LogP contribution in [0.2, 0.25) is 0 Å². The molecule has 166 valence electrons. The number of carbonyl (C=O) groups is 2. The summed E-state index contributed by atoms with van der Waals surface area (Å²) in [7, 11) is 0. The van der Waals surface area contributed by atoms with E-state index in [9.17, 15) is 24.8 Å². The van der Waals surface area contributed by atoms with E-state index in [0.717, 1.165) is 37.6 Å². The minimum atomic E-state index is -0.599. The molecule has 0 saturated heterocycles. The van der Waals surface area contributed by atoms with Gasteiger partial charge in [0.25, 0.3) is 11.6 Å². The van der Waals surface area contributed by atoms with E-state index in [1.807, 2.05) is 0 Å². The zero-order valence-electron chi connectivity index (χ0n) is 17.6. The van der Waals surface area contributed by atoms with Gasteiger partial charge in [-0.1, -0.05) is 58.3 Å². The number of benzene rings is 1. The number of nitro groups is 1. The minimum Gasteiger partial charge on any atom is -0.507 e. The van der Waals surface area contributed by atoms with Crippen LogP contribution in [0.3, 0.4) is 0 Å². The van der Waals surface area contributed by atoms with Crippen LogP contribution in [0.1, 0.15) is 76.7 Å². The van der Waals surface area contributed by atoms with Gasteiger partial charge in [0.05, 0.1) is 17.7 Å². The Morgan fingerprint density at radius 2 is 1.70 bits per heavy atom. The number of phenols is 1. The number of unbranched alkanes of at least 4 members (excludes halogenated alkanes) is 8. The summed E-state index contributed by atoms with van der Waals surface area (Å²) in [5.74, 6) is -0.919. The van der Waals surface area contributed by atoms with Crippen LogP contribution in [-0.2, 0) is 9.59 Å². The minimum absolute atomic E-state index is 0.0962. The lowest BCUT2D eigenvalue weighted by atomic mass is 10.1. The van der Waals surface area contributed by atoms with Gasteiger partial charge in [0.2, 0.25) is 5.91 Å². The van der Waals surface area contributed by atoms with E-state index in [2.05, 4.69) is 22.8 Å². The Hall–Kier alpha value is -2.97. The number of phenolic OH excluding ortho intramolecular Hbond substituents is 1. The van der Waals surface area contributed by atoms with Gasteiger partial charge in [-0.05, 0) is 12.5 Å². The van der Waals surface area contributed by atoms with Gasteiger partial charge in [0, 0.05) is 24.1 Å². The molecule has 0 aliphatic heterocycles. The number of nitrogens with zero attached hydrogens (tertiary/aromatic N) is 2. The molecule has 0 unspecified atom stereocenters. The summed E-state index contributed by atoms with van der Waals surface area (Å²) < 4.78 is 0. The maximum atomic E-state index is 11.8. The fraction of sp³-hybridized carbons (Fsp3) is 0.571. The molecule has 2 amide bonds. The third kappa shape index (κ3) is 11.1. The predicted octanol–water partition coefficient (Wildman–Crippen LogP) is 3.79. The van der Waals surface area contributed by atoms with E-state index in [1.165, 1.54) is 44.6 Å². The van der Waals surface area contributed by atoms with Crippen molar-refractivity contribution in [2.24, 2.45) is 5.10 Å². The van der Waals surface area contributed by atoms with Gasteiger partial charge >= 0.3 is 0 Å². The molecule has 0 bridgehead atoms. The second-order valence-corrected chi connectivity index (χ2v) is 7.15. The van der Waals surface area contributed by atoms with E-state index in [-0.39, 0.29) is 29.5 Å². The lowest BCUT2D eigenvalue weighted by Crippen LogP contribution is -2.34.